The number of hydrogen-bond donors (Lipinski definition) is 1. The fraction of sp³-hybridized carbons (Fsp3) is 0.240. The Kier molecular flexibility index (Phi) is 7.48. The minimum Gasteiger partial charge on any atom is -0.348 e. The average Bonchev–Trinajstić information content (AvgIpc) is 2.78. The van der Waals surface area contributed by atoms with Gasteiger partial charge in [0, 0.05) is 6.26 Å². The molecule has 0 spiro atoms. The second kappa shape index (κ2) is 9.99. The number of rotatable bonds is 8. The van der Waals surface area contributed by atoms with Crippen molar-refractivity contribution in [3.63, 3.8) is 0 Å². The quantitative estimate of drug-likeness (QED) is 0.507. The molecule has 0 aliphatic rings. The monoisotopic (exact) mass is 500 g/mol. The molecule has 9 heteroatoms. The van der Waals surface area contributed by atoms with E-state index in [4.69, 9.17) is 0 Å². The Balaban J connectivity index is 1.85. The van der Waals surface area contributed by atoms with E-state index in [0.717, 1.165) is 21.7 Å². The summed E-state index contributed by atoms with van der Waals surface area (Å²) in [5.41, 5.74) is 2.97. The van der Waals surface area contributed by atoms with Gasteiger partial charge in [-0.05, 0) is 62.7 Å². The van der Waals surface area contributed by atoms with Crippen LogP contribution in [0.3, 0.4) is 0 Å². The number of carbonyl (C=O) groups excluding carboxylic acids is 1. The molecule has 3 aromatic rings. The molecule has 0 unspecified atom stereocenters. The smallest absolute Gasteiger partial charge is 0.264 e. The number of sulfone groups is 1. The zero-order chi connectivity index (χ0) is 25.1. The number of sulfonamides is 1. The van der Waals surface area contributed by atoms with Crippen molar-refractivity contribution in [2.75, 3.05) is 17.1 Å². The first kappa shape index (κ1) is 25.5. The normalized spacial score (nSPS) is 12.7. The van der Waals surface area contributed by atoms with Crippen LogP contribution in [-0.2, 0) is 24.7 Å². The van der Waals surface area contributed by atoms with Gasteiger partial charge in [-0.1, -0.05) is 47.5 Å². The third-order valence-corrected chi connectivity index (χ3v) is 8.32. The third-order valence-electron chi connectivity index (χ3n) is 5.40. The van der Waals surface area contributed by atoms with Gasteiger partial charge in [0.25, 0.3) is 10.0 Å². The molecule has 7 nitrogen and oxygen atoms in total. The third kappa shape index (κ3) is 6.03. The summed E-state index contributed by atoms with van der Waals surface area (Å²) in [6, 6.07) is 19.1. The topological polar surface area (TPSA) is 101 Å². The lowest BCUT2D eigenvalue weighted by Gasteiger charge is -2.25. The fourth-order valence-corrected chi connectivity index (χ4v) is 5.42. The minimum atomic E-state index is -4.00. The summed E-state index contributed by atoms with van der Waals surface area (Å²) in [4.78, 5) is 13.2. The van der Waals surface area contributed by atoms with Gasteiger partial charge in [0.2, 0.25) is 5.91 Å². The van der Waals surface area contributed by atoms with Gasteiger partial charge in [-0.3, -0.25) is 9.10 Å². The summed E-state index contributed by atoms with van der Waals surface area (Å²) in [5.74, 6) is -0.490. The van der Waals surface area contributed by atoms with Crippen molar-refractivity contribution in [1.29, 1.82) is 0 Å². The van der Waals surface area contributed by atoms with E-state index in [1.54, 1.807) is 55.5 Å². The number of nitrogens with zero attached hydrogens (tertiary/aromatic N) is 1. The summed E-state index contributed by atoms with van der Waals surface area (Å²) in [6.45, 7) is 5.10. The maximum absolute atomic E-state index is 13.4. The van der Waals surface area contributed by atoms with Crippen LogP contribution in [0.2, 0.25) is 0 Å². The largest absolute Gasteiger partial charge is 0.348 e. The van der Waals surface area contributed by atoms with Crippen LogP contribution in [0.5, 0.6) is 0 Å². The molecular formula is C25H28N2O5S2. The van der Waals surface area contributed by atoms with Crippen molar-refractivity contribution in [2.45, 2.75) is 36.6 Å². The van der Waals surface area contributed by atoms with Crippen molar-refractivity contribution in [3.8, 4) is 0 Å². The zero-order valence-electron chi connectivity index (χ0n) is 19.5. The van der Waals surface area contributed by atoms with Crippen LogP contribution >= 0.6 is 0 Å². The number of hydrogen-bond acceptors (Lipinski definition) is 5. The molecule has 0 aromatic heterocycles. The molecule has 34 heavy (non-hydrogen) atoms. The van der Waals surface area contributed by atoms with Gasteiger partial charge in [0.1, 0.15) is 6.54 Å². The standard InChI is InChI=1S/C25H28N2O5S2/c1-18-5-11-22(12-6-18)27(34(31,32)24-13-7-19(2)8-14-24)17-25(28)26-20(3)21-9-15-23(16-10-21)33(4,29)30/h5-16,20H,17H2,1-4H3,(H,26,28)/t20-/m1/s1. The molecule has 180 valence electrons. The summed E-state index contributed by atoms with van der Waals surface area (Å²) < 4.78 is 51.3. The molecule has 0 heterocycles. The molecule has 0 bridgehead atoms. The van der Waals surface area contributed by atoms with Crippen LogP contribution in [0.15, 0.2) is 82.6 Å². The maximum Gasteiger partial charge on any atom is 0.264 e. The highest BCUT2D eigenvalue weighted by atomic mass is 32.2. The van der Waals surface area contributed by atoms with Crippen LogP contribution in [0.4, 0.5) is 5.69 Å². The molecule has 1 amide bonds. The lowest BCUT2D eigenvalue weighted by Crippen LogP contribution is -2.41. The Morgan fingerprint density at radius 3 is 1.76 bits per heavy atom. The number of amides is 1. The van der Waals surface area contributed by atoms with Gasteiger partial charge in [-0.15, -0.1) is 0 Å². The molecular weight excluding hydrogens is 472 g/mol. The van der Waals surface area contributed by atoms with E-state index >= 15 is 0 Å². The molecule has 3 aromatic carbocycles. The van der Waals surface area contributed by atoms with Crippen LogP contribution in [0.25, 0.3) is 0 Å². The van der Waals surface area contributed by atoms with Gasteiger partial charge in [0.05, 0.1) is 21.5 Å². The van der Waals surface area contributed by atoms with E-state index in [2.05, 4.69) is 5.32 Å². The van der Waals surface area contributed by atoms with Crippen molar-refractivity contribution >= 4 is 31.5 Å². The van der Waals surface area contributed by atoms with Gasteiger partial charge >= 0.3 is 0 Å². The lowest BCUT2D eigenvalue weighted by molar-refractivity contribution is -0.120. The molecule has 0 aliphatic carbocycles. The number of aryl methyl sites for hydroxylation is 2. The van der Waals surface area contributed by atoms with Crippen molar-refractivity contribution in [2.24, 2.45) is 0 Å². The Morgan fingerprint density at radius 1 is 0.794 bits per heavy atom. The highest BCUT2D eigenvalue weighted by Gasteiger charge is 2.27. The first-order valence-electron chi connectivity index (χ1n) is 10.6. The van der Waals surface area contributed by atoms with Gasteiger partial charge in [-0.2, -0.15) is 0 Å². The number of benzene rings is 3. The highest BCUT2D eigenvalue weighted by Crippen LogP contribution is 2.25. The first-order valence-corrected chi connectivity index (χ1v) is 14.0. The maximum atomic E-state index is 13.4. The van der Waals surface area contributed by atoms with E-state index in [1.807, 2.05) is 13.8 Å². The number of nitrogens with one attached hydrogen (secondary N) is 1. The van der Waals surface area contributed by atoms with Gasteiger partial charge in [-0.25, -0.2) is 16.8 Å². The zero-order valence-corrected chi connectivity index (χ0v) is 21.2. The second-order valence-electron chi connectivity index (χ2n) is 8.29. The molecule has 0 saturated carbocycles. The summed E-state index contributed by atoms with van der Waals surface area (Å²) in [6.07, 6.45) is 1.13. The lowest BCUT2D eigenvalue weighted by atomic mass is 10.1. The van der Waals surface area contributed by atoms with E-state index in [1.165, 1.54) is 24.3 Å². The number of anilines is 1. The predicted molar refractivity (Wildman–Crippen MR) is 133 cm³/mol. The summed E-state index contributed by atoms with van der Waals surface area (Å²) in [5, 5.41) is 2.80. The Morgan fingerprint density at radius 2 is 1.26 bits per heavy atom. The van der Waals surface area contributed by atoms with E-state index < -0.39 is 38.4 Å². The Labute approximate surface area is 201 Å². The molecule has 3 rings (SSSR count). The number of carbonyl (C=O) groups is 1. The van der Waals surface area contributed by atoms with E-state index in [0.29, 0.717) is 11.3 Å². The van der Waals surface area contributed by atoms with E-state index in [-0.39, 0.29) is 9.79 Å². The molecule has 0 saturated heterocycles. The second-order valence-corrected chi connectivity index (χ2v) is 12.2. The van der Waals surface area contributed by atoms with Crippen molar-refractivity contribution in [3.05, 3.63) is 89.5 Å². The average molecular weight is 501 g/mol. The predicted octanol–water partition coefficient (Wildman–Crippen LogP) is 3.78. The minimum absolute atomic E-state index is 0.0934. The Hall–Kier alpha value is -3.17. The summed E-state index contributed by atoms with van der Waals surface area (Å²) >= 11 is 0. The molecule has 0 fully saturated rings. The van der Waals surface area contributed by atoms with E-state index in [9.17, 15) is 21.6 Å². The molecule has 0 aliphatic heterocycles. The first-order chi connectivity index (χ1) is 15.9. The van der Waals surface area contributed by atoms with Gasteiger partial charge in [0.15, 0.2) is 9.84 Å². The highest BCUT2D eigenvalue weighted by molar-refractivity contribution is 7.93. The SMILES string of the molecule is Cc1ccc(N(CC(=O)N[C@H](C)c2ccc(S(C)(=O)=O)cc2)S(=O)(=O)c2ccc(C)cc2)cc1. The van der Waals surface area contributed by atoms with Gasteiger partial charge < -0.3 is 5.32 Å². The van der Waals surface area contributed by atoms with Crippen LogP contribution in [0.1, 0.15) is 29.7 Å². The molecule has 1 N–H and O–H groups in total. The van der Waals surface area contributed by atoms with Crippen LogP contribution in [-0.4, -0.2) is 35.5 Å². The van der Waals surface area contributed by atoms with Crippen molar-refractivity contribution < 1.29 is 21.6 Å². The summed E-state index contributed by atoms with van der Waals surface area (Å²) in [7, 11) is -7.32. The van der Waals surface area contributed by atoms with Crippen LogP contribution in [0, 0.1) is 13.8 Å². The van der Waals surface area contributed by atoms with Crippen LogP contribution < -0.4 is 9.62 Å². The van der Waals surface area contributed by atoms with Crippen molar-refractivity contribution in [1.82, 2.24) is 5.32 Å². The molecule has 0 radical (unpaired) electrons. The Bertz CT molecular complexity index is 1360. The fourth-order valence-electron chi connectivity index (χ4n) is 3.37. The molecule has 1 atom stereocenters.